The number of hydrogen-bond acceptors (Lipinski definition) is 3. The summed E-state index contributed by atoms with van der Waals surface area (Å²) in [6, 6.07) is 6.00. The minimum absolute atomic E-state index is 0.110. The molecule has 1 aromatic heterocycles. The Kier molecular flexibility index (Phi) is 3.34. The number of amidine groups is 1. The Labute approximate surface area is 111 Å². The van der Waals surface area contributed by atoms with Crippen molar-refractivity contribution in [2.45, 2.75) is 6.92 Å². The van der Waals surface area contributed by atoms with Crippen molar-refractivity contribution >= 4 is 49.8 Å². The molecular weight excluding hydrogens is 335 g/mol. The van der Waals surface area contributed by atoms with E-state index < -0.39 is 0 Å². The molecule has 16 heavy (non-hydrogen) atoms. The quantitative estimate of drug-likeness (QED) is 0.509. The van der Waals surface area contributed by atoms with Gasteiger partial charge in [0.25, 0.3) is 0 Å². The number of nitrogen functional groups attached to an aromatic ring is 1. The van der Waals surface area contributed by atoms with Gasteiger partial charge in [-0.1, -0.05) is 0 Å². The van der Waals surface area contributed by atoms with Crippen LogP contribution in [0.25, 0.3) is 10.1 Å². The van der Waals surface area contributed by atoms with Crippen LogP contribution in [0, 0.1) is 8.98 Å². The molecule has 2 rings (SSSR count). The molecule has 0 radical (unpaired) electrons. The number of nitrogens with two attached hydrogens (primary N) is 1. The number of thiophene rings is 1. The molecule has 3 N–H and O–H groups in total. The van der Waals surface area contributed by atoms with Crippen LogP contribution in [0.5, 0.6) is 5.75 Å². The van der Waals surface area contributed by atoms with Crippen LogP contribution in [0.1, 0.15) is 11.8 Å². The van der Waals surface area contributed by atoms with E-state index >= 15 is 0 Å². The third-order valence-electron chi connectivity index (χ3n) is 2.13. The maximum atomic E-state index is 7.44. The molecule has 0 saturated heterocycles. The van der Waals surface area contributed by atoms with Crippen molar-refractivity contribution in [3.05, 3.63) is 26.6 Å². The van der Waals surface area contributed by atoms with Gasteiger partial charge in [-0.15, -0.1) is 11.3 Å². The average Bonchev–Trinajstić information content (AvgIpc) is 2.61. The molecular formula is C11H11IN2OS. The first-order valence-corrected chi connectivity index (χ1v) is 6.71. The van der Waals surface area contributed by atoms with Gasteiger partial charge in [0.05, 0.1) is 11.5 Å². The molecule has 0 aliphatic rings. The third-order valence-corrected chi connectivity index (χ3v) is 3.87. The topological polar surface area (TPSA) is 59.1 Å². The van der Waals surface area contributed by atoms with Gasteiger partial charge < -0.3 is 10.5 Å². The van der Waals surface area contributed by atoms with Crippen molar-refractivity contribution in [1.29, 1.82) is 5.41 Å². The van der Waals surface area contributed by atoms with Gasteiger partial charge in [-0.3, -0.25) is 5.41 Å². The fourth-order valence-electron chi connectivity index (χ4n) is 1.48. The molecule has 1 aromatic carbocycles. The Morgan fingerprint density at radius 2 is 2.25 bits per heavy atom. The summed E-state index contributed by atoms with van der Waals surface area (Å²) < 4.78 is 7.83. The van der Waals surface area contributed by atoms with E-state index in [1.807, 2.05) is 19.1 Å². The van der Waals surface area contributed by atoms with Gasteiger partial charge in [0, 0.05) is 13.7 Å². The summed E-state index contributed by atoms with van der Waals surface area (Å²) in [5.74, 6) is 0.979. The van der Waals surface area contributed by atoms with E-state index in [4.69, 9.17) is 15.9 Å². The van der Waals surface area contributed by atoms with E-state index in [1.54, 1.807) is 0 Å². The molecule has 3 nitrogen and oxygen atoms in total. The Morgan fingerprint density at radius 1 is 1.50 bits per heavy atom. The van der Waals surface area contributed by atoms with E-state index in [2.05, 4.69) is 28.7 Å². The van der Waals surface area contributed by atoms with E-state index in [9.17, 15) is 0 Å². The van der Waals surface area contributed by atoms with Crippen molar-refractivity contribution < 1.29 is 4.74 Å². The molecule has 0 saturated carbocycles. The molecule has 0 amide bonds. The molecule has 5 heteroatoms. The molecule has 1 heterocycles. The predicted molar refractivity (Wildman–Crippen MR) is 76.7 cm³/mol. The Hall–Kier alpha value is -0.820. The molecule has 0 spiro atoms. The molecule has 0 fully saturated rings. The highest BCUT2D eigenvalue weighted by atomic mass is 127. The molecule has 0 aliphatic heterocycles. The van der Waals surface area contributed by atoms with Gasteiger partial charge in [-0.2, -0.15) is 0 Å². The van der Waals surface area contributed by atoms with Crippen LogP contribution >= 0.6 is 33.9 Å². The zero-order valence-corrected chi connectivity index (χ0v) is 11.7. The summed E-state index contributed by atoms with van der Waals surface area (Å²) in [7, 11) is 0. The van der Waals surface area contributed by atoms with Crippen LogP contribution in [0.3, 0.4) is 0 Å². The first-order valence-electron chi connectivity index (χ1n) is 4.82. The normalized spacial score (nSPS) is 10.6. The van der Waals surface area contributed by atoms with Crippen molar-refractivity contribution in [3.63, 3.8) is 0 Å². The van der Waals surface area contributed by atoms with Crippen molar-refractivity contribution in [2.24, 2.45) is 5.73 Å². The van der Waals surface area contributed by atoms with Gasteiger partial charge >= 0.3 is 0 Å². The van der Waals surface area contributed by atoms with Gasteiger partial charge in [-0.25, -0.2) is 0 Å². The Bertz CT molecular complexity index is 550. The highest BCUT2D eigenvalue weighted by Crippen LogP contribution is 2.34. The highest BCUT2D eigenvalue weighted by Gasteiger charge is 2.10. The monoisotopic (exact) mass is 346 g/mol. The molecule has 2 aromatic rings. The second-order valence-corrected chi connectivity index (χ2v) is 5.60. The summed E-state index contributed by atoms with van der Waals surface area (Å²) in [6.07, 6.45) is 0. The third kappa shape index (κ3) is 2.15. The summed E-state index contributed by atoms with van der Waals surface area (Å²) >= 11 is 3.79. The van der Waals surface area contributed by atoms with Crippen LogP contribution in [-0.4, -0.2) is 12.4 Å². The average molecular weight is 346 g/mol. The molecule has 0 unspecified atom stereocenters. The lowest BCUT2D eigenvalue weighted by atomic mass is 10.2. The fraction of sp³-hybridized carbons (Fsp3) is 0.182. The van der Waals surface area contributed by atoms with Crippen LogP contribution in [0.4, 0.5) is 0 Å². The van der Waals surface area contributed by atoms with Crippen molar-refractivity contribution in [2.75, 3.05) is 6.61 Å². The lowest BCUT2D eigenvalue weighted by Gasteiger charge is -2.04. The summed E-state index contributed by atoms with van der Waals surface area (Å²) in [6.45, 7) is 2.60. The molecule has 0 aliphatic carbocycles. The smallest absolute Gasteiger partial charge is 0.133 e. The molecule has 0 atom stereocenters. The Morgan fingerprint density at radius 3 is 2.88 bits per heavy atom. The second-order valence-electron chi connectivity index (χ2n) is 3.27. The SMILES string of the molecule is CCOc1cc(I)cc2sc(C(=N)N)cc12. The number of rotatable bonds is 3. The number of ether oxygens (including phenoxy) is 1. The molecule has 0 bridgehead atoms. The largest absolute Gasteiger partial charge is 0.493 e. The van der Waals surface area contributed by atoms with Crippen molar-refractivity contribution in [3.8, 4) is 5.75 Å². The van der Waals surface area contributed by atoms with E-state index in [0.29, 0.717) is 6.61 Å². The minimum Gasteiger partial charge on any atom is -0.493 e. The van der Waals surface area contributed by atoms with Crippen LogP contribution < -0.4 is 10.5 Å². The van der Waals surface area contributed by atoms with E-state index in [0.717, 1.165) is 24.3 Å². The zero-order valence-electron chi connectivity index (χ0n) is 8.71. The fourth-order valence-corrected chi connectivity index (χ4v) is 3.27. The van der Waals surface area contributed by atoms with Crippen LogP contribution in [-0.2, 0) is 0 Å². The number of benzene rings is 1. The summed E-state index contributed by atoms with van der Waals surface area (Å²) in [4.78, 5) is 0.790. The van der Waals surface area contributed by atoms with Gasteiger partial charge in [0.15, 0.2) is 0 Å². The highest BCUT2D eigenvalue weighted by molar-refractivity contribution is 14.1. The lowest BCUT2D eigenvalue weighted by Crippen LogP contribution is -2.08. The minimum atomic E-state index is 0.110. The zero-order chi connectivity index (χ0) is 11.7. The number of fused-ring (bicyclic) bond motifs is 1. The van der Waals surface area contributed by atoms with E-state index in [1.165, 1.54) is 11.3 Å². The maximum Gasteiger partial charge on any atom is 0.133 e. The van der Waals surface area contributed by atoms with Gasteiger partial charge in [-0.05, 0) is 47.7 Å². The van der Waals surface area contributed by atoms with Crippen molar-refractivity contribution in [1.82, 2.24) is 0 Å². The summed E-state index contributed by atoms with van der Waals surface area (Å²) in [5, 5.41) is 8.48. The number of halogens is 1. The molecule has 84 valence electrons. The van der Waals surface area contributed by atoms with E-state index in [-0.39, 0.29) is 5.84 Å². The van der Waals surface area contributed by atoms with Gasteiger partial charge in [0.1, 0.15) is 11.6 Å². The number of nitrogens with one attached hydrogen (secondary N) is 1. The maximum absolute atomic E-state index is 7.44. The Balaban J connectivity index is 2.65. The number of hydrogen-bond donors (Lipinski definition) is 2. The van der Waals surface area contributed by atoms with Crippen LogP contribution in [0.15, 0.2) is 18.2 Å². The lowest BCUT2D eigenvalue weighted by molar-refractivity contribution is 0.344. The first-order chi connectivity index (χ1) is 7.61. The second kappa shape index (κ2) is 4.58. The standard InChI is InChI=1S/C11H11IN2OS/c1-2-15-8-3-6(12)4-9-7(8)5-10(16-9)11(13)14/h3-5H,2H2,1H3,(H3,13,14). The predicted octanol–water partition coefficient (Wildman–Crippen LogP) is 3.19. The summed E-state index contributed by atoms with van der Waals surface area (Å²) in [5.41, 5.74) is 5.49. The first kappa shape index (κ1) is 11.7. The van der Waals surface area contributed by atoms with Crippen LogP contribution in [0.2, 0.25) is 0 Å². The van der Waals surface area contributed by atoms with Gasteiger partial charge in [0.2, 0.25) is 0 Å².